The SMILES string of the molecule is CCCC(CC)(CC)OCC(CC)(CC)CC. The van der Waals surface area contributed by atoms with Gasteiger partial charge in [-0.25, -0.2) is 0 Å². The average molecular weight is 242 g/mol. The van der Waals surface area contributed by atoms with Gasteiger partial charge in [0.25, 0.3) is 0 Å². The Labute approximate surface area is 109 Å². The first-order valence-corrected chi connectivity index (χ1v) is 7.71. The lowest BCUT2D eigenvalue weighted by molar-refractivity contribution is -0.0972. The Morgan fingerprint density at radius 1 is 0.706 bits per heavy atom. The summed E-state index contributed by atoms with van der Waals surface area (Å²) in [5.74, 6) is 0. The molecule has 0 aromatic carbocycles. The summed E-state index contributed by atoms with van der Waals surface area (Å²) in [5.41, 5.74) is 0.544. The second-order valence-electron chi connectivity index (χ2n) is 5.49. The Hall–Kier alpha value is -0.0400. The highest BCUT2D eigenvalue weighted by molar-refractivity contribution is 4.81. The van der Waals surface area contributed by atoms with Crippen molar-refractivity contribution in [1.29, 1.82) is 0 Å². The zero-order valence-corrected chi connectivity index (χ0v) is 13.1. The van der Waals surface area contributed by atoms with E-state index in [-0.39, 0.29) is 5.60 Å². The zero-order valence-electron chi connectivity index (χ0n) is 13.1. The fraction of sp³-hybridized carbons (Fsp3) is 1.00. The molecule has 0 aromatic rings. The summed E-state index contributed by atoms with van der Waals surface area (Å²) in [4.78, 5) is 0. The highest BCUT2D eigenvalue weighted by Gasteiger charge is 2.31. The molecule has 1 heteroatoms. The molecule has 0 saturated heterocycles. The van der Waals surface area contributed by atoms with Crippen LogP contribution in [0.25, 0.3) is 0 Å². The molecular formula is C16H34O. The second kappa shape index (κ2) is 8.13. The molecule has 0 unspecified atom stereocenters. The summed E-state index contributed by atoms with van der Waals surface area (Å²) in [5, 5.41) is 0. The van der Waals surface area contributed by atoms with Crippen LogP contribution in [0.15, 0.2) is 0 Å². The molecule has 0 aliphatic heterocycles. The van der Waals surface area contributed by atoms with E-state index in [0.29, 0.717) is 5.41 Å². The summed E-state index contributed by atoms with van der Waals surface area (Å²) in [6.45, 7) is 14.6. The van der Waals surface area contributed by atoms with Crippen LogP contribution in [0.2, 0.25) is 0 Å². The summed E-state index contributed by atoms with van der Waals surface area (Å²) in [6.07, 6.45) is 8.41. The molecule has 0 fully saturated rings. The van der Waals surface area contributed by atoms with Crippen molar-refractivity contribution in [3.63, 3.8) is 0 Å². The number of rotatable bonds is 10. The fourth-order valence-corrected chi connectivity index (χ4v) is 2.70. The third-order valence-corrected chi connectivity index (χ3v) is 4.93. The van der Waals surface area contributed by atoms with Crippen LogP contribution in [0.3, 0.4) is 0 Å². The highest BCUT2D eigenvalue weighted by Crippen LogP contribution is 2.35. The van der Waals surface area contributed by atoms with Crippen LogP contribution < -0.4 is 0 Å². The van der Waals surface area contributed by atoms with Crippen molar-refractivity contribution < 1.29 is 4.74 Å². The molecule has 0 spiro atoms. The van der Waals surface area contributed by atoms with E-state index in [9.17, 15) is 0 Å². The molecule has 0 radical (unpaired) electrons. The lowest BCUT2D eigenvalue weighted by atomic mass is 9.80. The Morgan fingerprint density at radius 3 is 1.47 bits per heavy atom. The summed E-state index contributed by atoms with van der Waals surface area (Å²) >= 11 is 0. The first kappa shape index (κ1) is 17.0. The maximum atomic E-state index is 6.41. The smallest absolute Gasteiger partial charge is 0.0677 e. The van der Waals surface area contributed by atoms with Crippen LogP contribution in [0.1, 0.15) is 86.5 Å². The molecule has 0 rings (SSSR count). The molecule has 0 saturated carbocycles. The van der Waals surface area contributed by atoms with Crippen LogP contribution in [0.5, 0.6) is 0 Å². The van der Waals surface area contributed by atoms with E-state index < -0.39 is 0 Å². The van der Waals surface area contributed by atoms with E-state index in [1.54, 1.807) is 0 Å². The van der Waals surface area contributed by atoms with Crippen molar-refractivity contribution in [3.8, 4) is 0 Å². The molecule has 104 valence electrons. The maximum Gasteiger partial charge on any atom is 0.0677 e. The van der Waals surface area contributed by atoms with Crippen molar-refractivity contribution in [3.05, 3.63) is 0 Å². The van der Waals surface area contributed by atoms with E-state index in [1.165, 1.54) is 32.1 Å². The number of ether oxygens (including phenoxy) is 1. The molecular weight excluding hydrogens is 208 g/mol. The molecule has 0 amide bonds. The topological polar surface area (TPSA) is 9.23 Å². The van der Waals surface area contributed by atoms with Crippen LogP contribution in [-0.4, -0.2) is 12.2 Å². The van der Waals surface area contributed by atoms with Gasteiger partial charge >= 0.3 is 0 Å². The highest BCUT2D eigenvalue weighted by atomic mass is 16.5. The van der Waals surface area contributed by atoms with E-state index in [1.807, 2.05) is 0 Å². The third kappa shape index (κ3) is 4.62. The van der Waals surface area contributed by atoms with Gasteiger partial charge in [0.05, 0.1) is 12.2 Å². The number of hydrogen-bond donors (Lipinski definition) is 0. The normalized spacial score (nSPS) is 13.1. The Kier molecular flexibility index (Phi) is 8.11. The molecule has 0 aliphatic rings. The van der Waals surface area contributed by atoms with Gasteiger partial charge in [-0.3, -0.25) is 0 Å². The van der Waals surface area contributed by atoms with Gasteiger partial charge in [0, 0.05) is 0 Å². The van der Waals surface area contributed by atoms with Crippen LogP contribution in [-0.2, 0) is 4.74 Å². The van der Waals surface area contributed by atoms with E-state index in [0.717, 1.165) is 19.4 Å². The summed E-state index contributed by atoms with van der Waals surface area (Å²) < 4.78 is 6.41. The lowest BCUT2D eigenvalue weighted by Crippen LogP contribution is -2.36. The maximum absolute atomic E-state index is 6.41. The van der Waals surface area contributed by atoms with Crippen molar-refractivity contribution in [1.82, 2.24) is 0 Å². The zero-order chi connectivity index (χ0) is 13.4. The predicted molar refractivity (Wildman–Crippen MR) is 77.5 cm³/mol. The van der Waals surface area contributed by atoms with Gasteiger partial charge in [0.1, 0.15) is 0 Å². The molecule has 0 heterocycles. The van der Waals surface area contributed by atoms with Crippen molar-refractivity contribution in [2.75, 3.05) is 6.61 Å². The number of hydrogen-bond acceptors (Lipinski definition) is 1. The average Bonchev–Trinajstić information content (AvgIpc) is 2.39. The Morgan fingerprint density at radius 2 is 1.18 bits per heavy atom. The summed E-state index contributed by atoms with van der Waals surface area (Å²) in [7, 11) is 0. The van der Waals surface area contributed by atoms with E-state index in [4.69, 9.17) is 4.74 Å². The Balaban J connectivity index is 4.56. The van der Waals surface area contributed by atoms with Gasteiger partial charge in [-0.2, -0.15) is 0 Å². The quantitative estimate of drug-likeness (QED) is 0.486. The van der Waals surface area contributed by atoms with Crippen LogP contribution in [0.4, 0.5) is 0 Å². The molecule has 0 N–H and O–H groups in total. The molecule has 0 aromatic heterocycles. The molecule has 0 aliphatic carbocycles. The minimum absolute atomic E-state index is 0.138. The standard InChI is InChI=1S/C16H34O/c1-7-13-16(11-5,12-6)17-14-15(8-2,9-3)10-4/h7-14H2,1-6H3. The first-order valence-electron chi connectivity index (χ1n) is 7.71. The van der Waals surface area contributed by atoms with Crippen LogP contribution in [0, 0.1) is 5.41 Å². The molecule has 0 bridgehead atoms. The van der Waals surface area contributed by atoms with Crippen molar-refractivity contribution >= 4 is 0 Å². The van der Waals surface area contributed by atoms with Crippen LogP contribution >= 0.6 is 0 Å². The minimum atomic E-state index is 0.138. The fourth-order valence-electron chi connectivity index (χ4n) is 2.70. The van der Waals surface area contributed by atoms with E-state index >= 15 is 0 Å². The van der Waals surface area contributed by atoms with E-state index in [2.05, 4.69) is 41.5 Å². The largest absolute Gasteiger partial charge is 0.374 e. The molecule has 1 nitrogen and oxygen atoms in total. The van der Waals surface area contributed by atoms with Gasteiger partial charge in [-0.1, -0.05) is 48.0 Å². The van der Waals surface area contributed by atoms with Gasteiger partial charge in [-0.15, -0.1) is 0 Å². The van der Waals surface area contributed by atoms with Gasteiger partial charge in [-0.05, 0) is 43.9 Å². The monoisotopic (exact) mass is 242 g/mol. The molecule has 0 atom stereocenters. The predicted octanol–water partition coefficient (Wildman–Crippen LogP) is 5.58. The minimum Gasteiger partial charge on any atom is -0.374 e. The second-order valence-corrected chi connectivity index (χ2v) is 5.49. The van der Waals surface area contributed by atoms with Crippen molar-refractivity contribution in [2.24, 2.45) is 5.41 Å². The Bertz CT molecular complexity index is 170. The van der Waals surface area contributed by atoms with Gasteiger partial charge < -0.3 is 4.74 Å². The van der Waals surface area contributed by atoms with Crippen molar-refractivity contribution in [2.45, 2.75) is 92.1 Å². The van der Waals surface area contributed by atoms with Gasteiger partial charge in [0.2, 0.25) is 0 Å². The van der Waals surface area contributed by atoms with Gasteiger partial charge in [0.15, 0.2) is 0 Å². The molecule has 17 heavy (non-hydrogen) atoms. The first-order chi connectivity index (χ1) is 8.07. The lowest BCUT2D eigenvalue weighted by Gasteiger charge is -2.38. The third-order valence-electron chi connectivity index (χ3n) is 4.93. The summed E-state index contributed by atoms with van der Waals surface area (Å²) in [6, 6.07) is 0.